The molecule has 0 aliphatic heterocycles. The Morgan fingerprint density at radius 1 is 0.750 bits per heavy atom. The monoisotopic (exact) mass is 220 g/mol. The lowest BCUT2D eigenvalue weighted by Crippen LogP contribution is -2.00. The van der Waals surface area contributed by atoms with Crippen LogP contribution in [0.25, 0.3) is 0 Å². The van der Waals surface area contributed by atoms with Gasteiger partial charge in [0.2, 0.25) is 0 Å². The highest BCUT2D eigenvalue weighted by molar-refractivity contribution is 5.27. The normalized spacial score (nSPS) is 11.6. The molecule has 0 radical (unpaired) electrons. The summed E-state index contributed by atoms with van der Waals surface area (Å²) in [5.74, 6) is 1.26. The molecule has 0 nitrogen and oxygen atoms in total. The molecule has 0 aromatic rings. The molecule has 0 N–H and O–H groups in total. The molecule has 0 aliphatic carbocycles. The van der Waals surface area contributed by atoms with E-state index < -0.39 is 0 Å². The minimum absolute atomic E-state index is 0.630. The Bertz CT molecular complexity index is 211. The average Bonchev–Trinajstić information content (AvgIpc) is 2.29. The molecule has 0 atom stereocenters. The molecule has 0 bridgehead atoms. The minimum atomic E-state index is 0.630. The summed E-state index contributed by atoms with van der Waals surface area (Å²) in [6, 6.07) is 0. The molecule has 0 rings (SSSR count). The second-order valence-corrected chi connectivity index (χ2v) is 4.51. The van der Waals surface area contributed by atoms with Crippen molar-refractivity contribution in [2.45, 2.75) is 53.4 Å². The van der Waals surface area contributed by atoms with Gasteiger partial charge in [-0.1, -0.05) is 64.2 Å². The van der Waals surface area contributed by atoms with Gasteiger partial charge in [0.15, 0.2) is 0 Å². The lowest BCUT2D eigenvalue weighted by atomic mass is 9.91. The fourth-order valence-corrected chi connectivity index (χ4v) is 2.11. The van der Waals surface area contributed by atoms with Crippen LogP contribution in [-0.4, -0.2) is 0 Å². The Labute approximate surface area is 102 Å². The summed E-state index contributed by atoms with van der Waals surface area (Å²) in [6.07, 6.45) is 9.04. The van der Waals surface area contributed by atoms with Crippen molar-refractivity contribution in [3.8, 4) is 0 Å². The first-order valence-corrected chi connectivity index (χ1v) is 6.66. The molecule has 0 unspecified atom stereocenters. The number of hydrogen-bond acceptors (Lipinski definition) is 0. The molecule has 0 aliphatic rings. The van der Waals surface area contributed by atoms with Crippen molar-refractivity contribution in [2.75, 3.05) is 0 Å². The first-order chi connectivity index (χ1) is 7.60. The Morgan fingerprint density at radius 2 is 1.00 bits per heavy atom. The molecule has 16 heavy (non-hydrogen) atoms. The fourth-order valence-electron chi connectivity index (χ4n) is 2.11. The standard InChI is InChI=1S/C16H28/c1-7-15(8-2)13(5)11-12-14(6)16(9-3)10-4/h11-12,15-16H,5-10H2,1-4H3/b12-11-. The van der Waals surface area contributed by atoms with Crippen LogP contribution < -0.4 is 0 Å². The third-order valence-electron chi connectivity index (χ3n) is 3.53. The highest BCUT2D eigenvalue weighted by atomic mass is 14.1. The van der Waals surface area contributed by atoms with Crippen LogP contribution in [0.5, 0.6) is 0 Å². The van der Waals surface area contributed by atoms with Gasteiger partial charge < -0.3 is 0 Å². The third-order valence-corrected chi connectivity index (χ3v) is 3.53. The summed E-state index contributed by atoms with van der Waals surface area (Å²) in [5, 5.41) is 0. The first-order valence-electron chi connectivity index (χ1n) is 6.66. The highest BCUT2D eigenvalue weighted by Crippen LogP contribution is 2.22. The fraction of sp³-hybridized carbons (Fsp3) is 0.625. The van der Waals surface area contributed by atoms with Gasteiger partial charge in [-0.15, -0.1) is 0 Å². The second kappa shape index (κ2) is 8.38. The van der Waals surface area contributed by atoms with E-state index in [2.05, 4.69) is 53.0 Å². The molecule has 0 spiro atoms. The molecule has 92 valence electrons. The van der Waals surface area contributed by atoms with Gasteiger partial charge in [-0.25, -0.2) is 0 Å². The SMILES string of the molecule is C=C(/C=C\C(=C)C(CC)CC)C(CC)CC. The maximum Gasteiger partial charge on any atom is -0.0173 e. The van der Waals surface area contributed by atoms with E-state index >= 15 is 0 Å². The first kappa shape index (κ1) is 15.2. The number of hydrogen-bond donors (Lipinski definition) is 0. The van der Waals surface area contributed by atoms with Crippen molar-refractivity contribution in [3.05, 3.63) is 36.5 Å². The predicted molar refractivity (Wildman–Crippen MR) is 75.6 cm³/mol. The maximum atomic E-state index is 4.15. The molecule has 0 fully saturated rings. The zero-order valence-corrected chi connectivity index (χ0v) is 11.6. The third kappa shape index (κ3) is 4.83. The van der Waals surface area contributed by atoms with E-state index in [1.54, 1.807) is 0 Å². The zero-order chi connectivity index (χ0) is 12.6. The quantitative estimate of drug-likeness (QED) is 0.472. The van der Waals surface area contributed by atoms with Crippen LogP contribution in [0.2, 0.25) is 0 Å². The predicted octanol–water partition coefficient (Wildman–Crippen LogP) is 5.53. The van der Waals surface area contributed by atoms with E-state index in [9.17, 15) is 0 Å². The average molecular weight is 220 g/mol. The van der Waals surface area contributed by atoms with Crippen molar-refractivity contribution in [3.63, 3.8) is 0 Å². The van der Waals surface area contributed by atoms with Crippen LogP contribution in [0.15, 0.2) is 36.5 Å². The number of allylic oxidation sites excluding steroid dienone is 4. The molecule has 0 heteroatoms. The van der Waals surface area contributed by atoms with Gasteiger partial charge in [-0.2, -0.15) is 0 Å². The van der Waals surface area contributed by atoms with Gasteiger partial charge in [-0.3, -0.25) is 0 Å². The van der Waals surface area contributed by atoms with E-state index in [-0.39, 0.29) is 0 Å². The highest BCUT2D eigenvalue weighted by Gasteiger charge is 2.07. The molecule has 0 saturated carbocycles. The maximum absolute atomic E-state index is 4.15. The Morgan fingerprint density at radius 3 is 1.19 bits per heavy atom. The van der Waals surface area contributed by atoms with Gasteiger partial charge in [0.1, 0.15) is 0 Å². The van der Waals surface area contributed by atoms with Gasteiger partial charge in [0.25, 0.3) is 0 Å². The van der Waals surface area contributed by atoms with Gasteiger partial charge in [-0.05, 0) is 37.5 Å². The summed E-state index contributed by atoms with van der Waals surface area (Å²) >= 11 is 0. The molecule has 0 aromatic carbocycles. The van der Waals surface area contributed by atoms with Crippen molar-refractivity contribution < 1.29 is 0 Å². The van der Waals surface area contributed by atoms with Crippen LogP contribution in [0.4, 0.5) is 0 Å². The van der Waals surface area contributed by atoms with Gasteiger partial charge in [0.05, 0.1) is 0 Å². The van der Waals surface area contributed by atoms with E-state index in [4.69, 9.17) is 0 Å². The summed E-state index contributed by atoms with van der Waals surface area (Å²) in [7, 11) is 0. The van der Waals surface area contributed by atoms with Crippen LogP contribution in [0.1, 0.15) is 53.4 Å². The molecular formula is C16H28. The van der Waals surface area contributed by atoms with Gasteiger partial charge in [0, 0.05) is 0 Å². The van der Waals surface area contributed by atoms with Crippen LogP contribution in [0.3, 0.4) is 0 Å². The van der Waals surface area contributed by atoms with Crippen molar-refractivity contribution in [1.82, 2.24) is 0 Å². The van der Waals surface area contributed by atoms with E-state index in [0.717, 1.165) is 0 Å². The van der Waals surface area contributed by atoms with E-state index in [1.807, 2.05) is 0 Å². The van der Waals surface area contributed by atoms with Crippen molar-refractivity contribution in [2.24, 2.45) is 11.8 Å². The van der Waals surface area contributed by atoms with Gasteiger partial charge >= 0.3 is 0 Å². The van der Waals surface area contributed by atoms with Crippen LogP contribution in [-0.2, 0) is 0 Å². The topological polar surface area (TPSA) is 0 Å². The number of rotatable bonds is 8. The largest absolute Gasteiger partial charge is 0.0955 e. The lowest BCUT2D eigenvalue weighted by Gasteiger charge is -2.14. The smallest absolute Gasteiger partial charge is 0.0173 e. The molecule has 0 amide bonds. The van der Waals surface area contributed by atoms with E-state index in [0.29, 0.717) is 11.8 Å². The molecule has 0 aromatic heterocycles. The minimum Gasteiger partial charge on any atom is -0.0955 e. The summed E-state index contributed by atoms with van der Waals surface area (Å²) in [6.45, 7) is 17.2. The summed E-state index contributed by atoms with van der Waals surface area (Å²) in [5.41, 5.74) is 2.49. The van der Waals surface area contributed by atoms with Crippen LogP contribution in [0, 0.1) is 11.8 Å². The Kier molecular flexibility index (Phi) is 7.97. The Balaban J connectivity index is 4.37. The van der Waals surface area contributed by atoms with Crippen molar-refractivity contribution in [1.29, 1.82) is 0 Å². The molecule has 0 heterocycles. The lowest BCUT2D eigenvalue weighted by molar-refractivity contribution is 0.579. The summed E-state index contributed by atoms with van der Waals surface area (Å²) in [4.78, 5) is 0. The molecule has 0 saturated heterocycles. The van der Waals surface area contributed by atoms with E-state index in [1.165, 1.54) is 36.8 Å². The van der Waals surface area contributed by atoms with Crippen molar-refractivity contribution >= 4 is 0 Å². The zero-order valence-electron chi connectivity index (χ0n) is 11.6. The second-order valence-electron chi connectivity index (χ2n) is 4.51. The van der Waals surface area contributed by atoms with Crippen LogP contribution >= 0.6 is 0 Å². The molecular weight excluding hydrogens is 192 g/mol. The Hall–Kier alpha value is -0.780. The summed E-state index contributed by atoms with van der Waals surface area (Å²) < 4.78 is 0.